The molecule has 1 aliphatic heterocycles. The van der Waals surface area contributed by atoms with Crippen LogP contribution in [0.2, 0.25) is 0 Å². The van der Waals surface area contributed by atoms with E-state index in [9.17, 15) is 4.79 Å². The Bertz CT molecular complexity index is 490. The second kappa shape index (κ2) is 9.32. The number of aromatic nitrogens is 1. The fourth-order valence-corrected chi connectivity index (χ4v) is 3.53. The molecule has 0 aliphatic carbocycles. The summed E-state index contributed by atoms with van der Waals surface area (Å²) in [4.78, 5) is 21.0. The van der Waals surface area contributed by atoms with E-state index in [-0.39, 0.29) is 12.0 Å². The summed E-state index contributed by atoms with van der Waals surface area (Å²) in [6, 6.07) is 0. The molecular weight excluding hydrogens is 312 g/mol. The number of likely N-dealkylation sites (tertiary alicyclic amines) is 1. The van der Waals surface area contributed by atoms with Crippen LogP contribution in [0, 0.1) is 0 Å². The molecule has 1 fully saturated rings. The molecule has 1 saturated heterocycles. The zero-order chi connectivity index (χ0) is 16.7. The lowest BCUT2D eigenvalue weighted by Gasteiger charge is -2.20. The normalized spacial score (nSPS) is 18.1. The second-order valence-corrected chi connectivity index (χ2v) is 6.67. The molecule has 0 spiro atoms. The van der Waals surface area contributed by atoms with Crippen LogP contribution in [-0.4, -0.2) is 72.7 Å². The number of hydrogen-bond acceptors (Lipinski definition) is 6. The van der Waals surface area contributed by atoms with Gasteiger partial charge < -0.3 is 20.3 Å². The van der Waals surface area contributed by atoms with Crippen molar-refractivity contribution >= 4 is 17.2 Å². The van der Waals surface area contributed by atoms with Crippen LogP contribution in [0.5, 0.6) is 0 Å². The third kappa shape index (κ3) is 5.24. The van der Waals surface area contributed by atoms with Crippen LogP contribution in [0.25, 0.3) is 0 Å². The third-order valence-electron chi connectivity index (χ3n) is 4.22. The predicted molar refractivity (Wildman–Crippen MR) is 92.9 cm³/mol. The van der Waals surface area contributed by atoms with E-state index in [2.05, 4.69) is 23.7 Å². The molecule has 0 saturated carbocycles. The minimum Gasteiger partial charge on any atom is -0.375 e. The number of amides is 1. The molecule has 130 valence electrons. The van der Waals surface area contributed by atoms with Gasteiger partial charge in [0.2, 0.25) is 0 Å². The molecule has 0 aromatic carbocycles. The summed E-state index contributed by atoms with van der Waals surface area (Å²) in [5, 5.41) is 2.77. The summed E-state index contributed by atoms with van der Waals surface area (Å²) in [5.41, 5.74) is 6.07. The lowest BCUT2D eigenvalue weighted by molar-refractivity contribution is 0.0419. The molecule has 23 heavy (non-hydrogen) atoms. The zero-order valence-corrected chi connectivity index (χ0v) is 15.0. The van der Waals surface area contributed by atoms with E-state index in [0.29, 0.717) is 18.8 Å². The Labute approximate surface area is 142 Å². The van der Waals surface area contributed by atoms with E-state index >= 15 is 0 Å². The highest BCUT2D eigenvalue weighted by molar-refractivity contribution is 7.09. The van der Waals surface area contributed by atoms with Gasteiger partial charge in [0.1, 0.15) is 5.69 Å². The van der Waals surface area contributed by atoms with E-state index in [1.54, 1.807) is 0 Å². The SMILES string of the molecule is CCN(CC)CCOC1CCN(C(=O)c2csc(CCN)n2)C1. The second-order valence-electron chi connectivity index (χ2n) is 5.72. The minimum absolute atomic E-state index is 0.0133. The van der Waals surface area contributed by atoms with Crippen molar-refractivity contribution in [2.24, 2.45) is 5.73 Å². The van der Waals surface area contributed by atoms with Crippen LogP contribution in [0.3, 0.4) is 0 Å². The third-order valence-corrected chi connectivity index (χ3v) is 5.13. The largest absolute Gasteiger partial charge is 0.375 e. The first kappa shape index (κ1) is 18.3. The lowest BCUT2D eigenvalue weighted by Crippen LogP contribution is -2.32. The van der Waals surface area contributed by atoms with E-state index in [0.717, 1.165) is 50.6 Å². The van der Waals surface area contributed by atoms with Crippen molar-refractivity contribution in [2.45, 2.75) is 32.8 Å². The molecule has 1 aliphatic rings. The van der Waals surface area contributed by atoms with Crippen molar-refractivity contribution < 1.29 is 9.53 Å². The Morgan fingerprint density at radius 1 is 1.52 bits per heavy atom. The first-order valence-electron chi connectivity index (χ1n) is 8.45. The molecule has 6 nitrogen and oxygen atoms in total. The lowest BCUT2D eigenvalue weighted by atomic mass is 10.3. The van der Waals surface area contributed by atoms with Gasteiger partial charge >= 0.3 is 0 Å². The Morgan fingerprint density at radius 3 is 3.00 bits per heavy atom. The van der Waals surface area contributed by atoms with Crippen LogP contribution in [0.15, 0.2) is 5.38 Å². The predicted octanol–water partition coefficient (Wildman–Crippen LogP) is 1.22. The average Bonchev–Trinajstić information content (AvgIpc) is 3.21. The molecule has 0 bridgehead atoms. The van der Waals surface area contributed by atoms with Crippen LogP contribution >= 0.6 is 11.3 Å². The number of ether oxygens (including phenoxy) is 1. The molecule has 1 aromatic rings. The molecule has 2 N–H and O–H groups in total. The summed E-state index contributed by atoms with van der Waals surface area (Å²) in [5.74, 6) is 0.0133. The van der Waals surface area contributed by atoms with Crippen LogP contribution in [-0.2, 0) is 11.2 Å². The number of hydrogen-bond donors (Lipinski definition) is 1. The topological polar surface area (TPSA) is 71.7 Å². The number of carbonyl (C=O) groups is 1. The molecule has 1 aromatic heterocycles. The monoisotopic (exact) mass is 340 g/mol. The zero-order valence-electron chi connectivity index (χ0n) is 14.2. The van der Waals surface area contributed by atoms with Gasteiger partial charge in [-0.3, -0.25) is 4.79 Å². The Kier molecular flexibility index (Phi) is 7.42. The molecule has 1 amide bonds. The quantitative estimate of drug-likeness (QED) is 0.732. The number of nitrogens with two attached hydrogens (primary N) is 1. The van der Waals surface area contributed by atoms with Gasteiger partial charge in [0, 0.05) is 31.4 Å². The molecule has 1 unspecified atom stereocenters. The van der Waals surface area contributed by atoms with Gasteiger partial charge in [0.15, 0.2) is 0 Å². The van der Waals surface area contributed by atoms with Gasteiger partial charge in [-0.05, 0) is 26.1 Å². The smallest absolute Gasteiger partial charge is 0.273 e. The van der Waals surface area contributed by atoms with Crippen molar-refractivity contribution in [3.63, 3.8) is 0 Å². The molecular formula is C16H28N4O2S. The van der Waals surface area contributed by atoms with Crippen molar-refractivity contribution in [1.82, 2.24) is 14.8 Å². The fraction of sp³-hybridized carbons (Fsp3) is 0.750. The Hall–Kier alpha value is -1.02. The maximum Gasteiger partial charge on any atom is 0.273 e. The van der Waals surface area contributed by atoms with Crippen LogP contribution in [0.1, 0.15) is 35.8 Å². The van der Waals surface area contributed by atoms with Crippen molar-refractivity contribution in [1.29, 1.82) is 0 Å². The maximum atomic E-state index is 12.5. The van der Waals surface area contributed by atoms with E-state index in [1.165, 1.54) is 11.3 Å². The number of thiazole rings is 1. The summed E-state index contributed by atoms with van der Waals surface area (Å²) in [6.07, 6.45) is 1.79. The average molecular weight is 340 g/mol. The van der Waals surface area contributed by atoms with E-state index in [1.807, 2.05) is 10.3 Å². The summed E-state index contributed by atoms with van der Waals surface area (Å²) >= 11 is 1.51. The molecule has 0 radical (unpaired) electrons. The fourth-order valence-electron chi connectivity index (χ4n) is 2.75. The van der Waals surface area contributed by atoms with Crippen LogP contribution in [0.4, 0.5) is 0 Å². The first-order chi connectivity index (χ1) is 11.2. The number of nitrogens with zero attached hydrogens (tertiary/aromatic N) is 3. The first-order valence-corrected chi connectivity index (χ1v) is 9.33. The van der Waals surface area contributed by atoms with Gasteiger partial charge in [-0.1, -0.05) is 13.8 Å². The number of carbonyl (C=O) groups excluding carboxylic acids is 1. The van der Waals surface area contributed by atoms with Crippen molar-refractivity contribution in [2.75, 3.05) is 45.9 Å². The molecule has 1 atom stereocenters. The minimum atomic E-state index is 0.0133. The van der Waals surface area contributed by atoms with E-state index in [4.69, 9.17) is 10.5 Å². The van der Waals surface area contributed by atoms with Gasteiger partial charge in [0.25, 0.3) is 5.91 Å². The standard InChI is InChI=1S/C16H28N4O2S/c1-3-19(4-2)9-10-22-13-6-8-20(11-13)16(21)14-12-23-15(18-14)5-7-17/h12-13H,3-11,17H2,1-2H3. The molecule has 2 rings (SSSR count). The van der Waals surface area contributed by atoms with Crippen molar-refractivity contribution in [3.8, 4) is 0 Å². The molecule has 7 heteroatoms. The summed E-state index contributed by atoms with van der Waals surface area (Å²) < 4.78 is 5.93. The number of likely N-dealkylation sites (N-methyl/N-ethyl adjacent to an activating group) is 1. The van der Waals surface area contributed by atoms with Crippen molar-refractivity contribution in [3.05, 3.63) is 16.1 Å². The highest BCUT2D eigenvalue weighted by Gasteiger charge is 2.28. The Balaban J connectivity index is 1.76. The summed E-state index contributed by atoms with van der Waals surface area (Å²) in [7, 11) is 0. The van der Waals surface area contributed by atoms with Crippen LogP contribution < -0.4 is 5.73 Å². The maximum absolute atomic E-state index is 12.5. The molecule has 2 heterocycles. The van der Waals surface area contributed by atoms with Gasteiger partial charge in [0.05, 0.1) is 17.7 Å². The van der Waals surface area contributed by atoms with E-state index < -0.39 is 0 Å². The highest BCUT2D eigenvalue weighted by atomic mass is 32.1. The Morgan fingerprint density at radius 2 is 2.30 bits per heavy atom. The van der Waals surface area contributed by atoms with Gasteiger partial charge in [-0.25, -0.2) is 4.98 Å². The van der Waals surface area contributed by atoms with Gasteiger partial charge in [-0.15, -0.1) is 11.3 Å². The highest BCUT2D eigenvalue weighted by Crippen LogP contribution is 2.18. The number of rotatable bonds is 9. The summed E-state index contributed by atoms with van der Waals surface area (Å²) in [6.45, 7) is 10.1. The van der Waals surface area contributed by atoms with Gasteiger partial charge in [-0.2, -0.15) is 0 Å².